The standard InChI is InChI=1S/C30H33FN2O5S.C28H30FN3O5S/c1-30(17-27(34)33-29-32-11-13-39-29)10-5-6-20-15-26(38-18-21-7-3-4-12-37-21)22(16-24(20)30)19-8-9-25(31)23(14-19)28(35)36-2;1-28(15-25(33)32-27-30-9-11-38-27)22-14-20(17-5-6-23(29)21(12-17)26(34)35)24(13-18(22)7-8-31-28)37-16-19-4-2-3-10-36-19/h8-9,11,13-16,21H,3-7,10,12,17-18H2,1-2H3,(H,32,33,34);5-6,9,11-14,19,31H,2-4,7-8,10,15-16H2,1H3,(H,34,35)(H,30,32,33). The molecule has 0 saturated carbocycles. The first-order valence-electron chi connectivity index (χ1n) is 26.1. The normalized spacial score (nSPS) is 20.8. The number of carbonyl (C=O) groups is 4. The van der Waals surface area contributed by atoms with Crippen molar-refractivity contribution >= 4 is 56.7 Å². The van der Waals surface area contributed by atoms with Crippen LogP contribution in [-0.2, 0) is 47.6 Å². The Labute approximate surface area is 454 Å². The van der Waals surface area contributed by atoms with Gasteiger partial charge in [0, 0.05) is 77.8 Å². The molecule has 5 heterocycles. The maximum Gasteiger partial charge on any atom is 0.340 e. The Hall–Kier alpha value is -6.64. The van der Waals surface area contributed by atoms with Crippen LogP contribution in [0, 0.1) is 11.6 Å². The van der Waals surface area contributed by atoms with Gasteiger partial charge in [0.25, 0.3) is 0 Å². The summed E-state index contributed by atoms with van der Waals surface area (Å²) in [7, 11) is 1.23. The lowest BCUT2D eigenvalue weighted by Gasteiger charge is -2.37. The van der Waals surface area contributed by atoms with Crippen molar-refractivity contribution in [3.63, 3.8) is 0 Å². The number of ether oxygens (including phenoxy) is 5. The SMILES string of the molecule is CC1(CC(=O)Nc2nccs2)NCCc2cc(OCC3CCCCO3)c(-c3ccc(F)c(C(=O)O)c3)cc21.COC(=O)c1cc(-c2cc3c(cc2OCC2CCCCO2)CCCC3(C)CC(=O)Nc2nccs2)ccc1F. The minimum atomic E-state index is -1.34. The molecule has 1 aliphatic carbocycles. The topological polar surface area (TPSA) is 197 Å². The highest BCUT2D eigenvalue weighted by Gasteiger charge is 2.37. The van der Waals surface area contributed by atoms with Gasteiger partial charge in [0.2, 0.25) is 11.8 Å². The van der Waals surface area contributed by atoms with Crippen LogP contribution in [0.2, 0.25) is 0 Å². The van der Waals surface area contributed by atoms with Crippen LogP contribution < -0.4 is 25.4 Å². The zero-order chi connectivity index (χ0) is 54.1. The number of aromatic carboxylic acids is 1. The fraction of sp³-hybridized carbons (Fsp3) is 0.414. The highest BCUT2D eigenvalue weighted by atomic mass is 32.1. The number of carbonyl (C=O) groups excluding carboxylic acids is 3. The molecule has 19 heteroatoms. The second-order valence-corrected chi connectivity index (χ2v) is 22.1. The quantitative estimate of drug-likeness (QED) is 0.0669. The lowest BCUT2D eigenvalue weighted by Crippen LogP contribution is -2.47. The van der Waals surface area contributed by atoms with Crippen LogP contribution in [0.15, 0.2) is 83.8 Å². The Morgan fingerprint density at radius 3 is 1.79 bits per heavy atom. The van der Waals surface area contributed by atoms with E-state index in [1.165, 1.54) is 48.0 Å². The minimum Gasteiger partial charge on any atom is -0.490 e. The lowest BCUT2D eigenvalue weighted by atomic mass is 9.68. The van der Waals surface area contributed by atoms with Gasteiger partial charge in [-0.3, -0.25) is 9.59 Å². The number of aromatic nitrogens is 2. The lowest BCUT2D eigenvalue weighted by molar-refractivity contribution is -0.118. The number of carboxylic acids is 1. The van der Waals surface area contributed by atoms with Crippen molar-refractivity contribution in [3.8, 4) is 33.8 Å². The number of aryl methyl sites for hydroxylation is 1. The Morgan fingerprint density at radius 2 is 1.26 bits per heavy atom. The summed E-state index contributed by atoms with van der Waals surface area (Å²) in [6.07, 6.45) is 13.3. The average Bonchev–Trinajstić information content (AvgIpc) is 4.19. The van der Waals surface area contributed by atoms with Gasteiger partial charge in [0.05, 0.1) is 30.4 Å². The third kappa shape index (κ3) is 13.4. The van der Waals surface area contributed by atoms with Crippen LogP contribution in [0.1, 0.15) is 121 Å². The van der Waals surface area contributed by atoms with Crippen LogP contribution in [0.25, 0.3) is 22.3 Å². The van der Waals surface area contributed by atoms with Gasteiger partial charge < -0.3 is 44.7 Å². The first-order valence-corrected chi connectivity index (χ1v) is 27.8. The number of hydrogen-bond acceptors (Lipinski definition) is 14. The summed E-state index contributed by atoms with van der Waals surface area (Å²) >= 11 is 2.74. The molecule has 77 heavy (non-hydrogen) atoms. The van der Waals surface area contributed by atoms with Crippen LogP contribution in [0.4, 0.5) is 19.0 Å². The van der Waals surface area contributed by atoms with E-state index >= 15 is 0 Å². The van der Waals surface area contributed by atoms with E-state index in [1.807, 2.05) is 30.5 Å². The summed E-state index contributed by atoms with van der Waals surface area (Å²) in [5, 5.41) is 23.5. The predicted molar refractivity (Wildman–Crippen MR) is 290 cm³/mol. The van der Waals surface area contributed by atoms with Crippen molar-refractivity contribution in [2.45, 2.75) is 114 Å². The van der Waals surface area contributed by atoms with E-state index in [0.29, 0.717) is 71.2 Å². The van der Waals surface area contributed by atoms with Crippen LogP contribution in [0.5, 0.6) is 11.5 Å². The smallest absolute Gasteiger partial charge is 0.340 e. The molecule has 3 aliphatic heterocycles. The van der Waals surface area contributed by atoms with E-state index < -0.39 is 40.1 Å². The highest BCUT2D eigenvalue weighted by molar-refractivity contribution is 7.14. The van der Waals surface area contributed by atoms with Gasteiger partial charge in [-0.2, -0.15) is 0 Å². The van der Waals surface area contributed by atoms with Crippen LogP contribution >= 0.6 is 22.7 Å². The van der Waals surface area contributed by atoms with Gasteiger partial charge in [-0.1, -0.05) is 19.1 Å². The molecule has 2 aromatic heterocycles. The molecule has 0 spiro atoms. The molecule has 15 nitrogen and oxygen atoms in total. The number of nitrogens with zero attached hydrogens (tertiary/aromatic N) is 2. The van der Waals surface area contributed by atoms with Crippen LogP contribution in [-0.4, -0.2) is 91.1 Å². The molecule has 4 aromatic carbocycles. The summed E-state index contributed by atoms with van der Waals surface area (Å²) in [5.41, 5.74) is 5.02. The largest absolute Gasteiger partial charge is 0.490 e. The number of halogens is 2. The number of carboxylic acid groups (broad SMARTS) is 1. The van der Waals surface area contributed by atoms with Gasteiger partial charge >= 0.3 is 11.9 Å². The molecule has 2 amide bonds. The molecule has 2 saturated heterocycles. The maximum absolute atomic E-state index is 14.5. The molecule has 6 aromatic rings. The first-order chi connectivity index (χ1) is 37.2. The van der Waals surface area contributed by atoms with Crippen molar-refractivity contribution in [3.05, 3.63) is 129 Å². The van der Waals surface area contributed by atoms with Crippen molar-refractivity contribution in [1.82, 2.24) is 15.3 Å². The molecule has 10 rings (SSSR count). The molecule has 4 atom stereocenters. The number of fused-ring (bicyclic) bond motifs is 2. The maximum atomic E-state index is 14.5. The Morgan fingerprint density at radius 1 is 0.714 bits per heavy atom. The fourth-order valence-electron chi connectivity index (χ4n) is 10.8. The molecule has 0 bridgehead atoms. The number of amides is 2. The number of anilines is 2. The molecular formula is C58H63F2N5O10S2. The van der Waals surface area contributed by atoms with Crippen molar-refractivity contribution < 1.29 is 56.7 Å². The number of esters is 1. The average molecular weight is 1090 g/mol. The molecule has 0 radical (unpaired) electrons. The van der Waals surface area contributed by atoms with Gasteiger partial charge in [-0.15, -0.1) is 22.7 Å². The van der Waals surface area contributed by atoms with Crippen molar-refractivity contribution in [2.24, 2.45) is 0 Å². The second-order valence-electron chi connectivity index (χ2n) is 20.3. The molecule has 4 aliphatic rings. The third-order valence-electron chi connectivity index (χ3n) is 14.7. The number of rotatable bonds is 16. The summed E-state index contributed by atoms with van der Waals surface area (Å²) in [5.74, 6) is -2.56. The summed E-state index contributed by atoms with van der Waals surface area (Å²) < 4.78 is 57.9. The van der Waals surface area contributed by atoms with E-state index in [4.69, 9.17) is 23.7 Å². The zero-order valence-electron chi connectivity index (χ0n) is 43.3. The zero-order valence-corrected chi connectivity index (χ0v) is 45.0. The van der Waals surface area contributed by atoms with Gasteiger partial charge in [0.15, 0.2) is 10.3 Å². The molecule has 4 N–H and O–H groups in total. The monoisotopic (exact) mass is 1090 g/mol. The third-order valence-corrected chi connectivity index (χ3v) is 16.1. The van der Waals surface area contributed by atoms with Gasteiger partial charge in [-0.05, 0) is 153 Å². The first kappa shape index (κ1) is 55.1. The number of nitrogens with one attached hydrogen (secondary N) is 3. The Bertz CT molecular complexity index is 3070. The van der Waals surface area contributed by atoms with E-state index in [1.54, 1.807) is 29.9 Å². The summed E-state index contributed by atoms with van der Waals surface area (Å²) in [6.45, 7) is 6.97. The summed E-state index contributed by atoms with van der Waals surface area (Å²) in [4.78, 5) is 58.2. The molecule has 2 fully saturated rings. The highest BCUT2D eigenvalue weighted by Crippen LogP contribution is 2.46. The van der Waals surface area contributed by atoms with Crippen molar-refractivity contribution in [2.75, 3.05) is 50.7 Å². The van der Waals surface area contributed by atoms with Gasteiger partial charge in [-0.25, -0.2) is 28.3 Å². The van der Waals surface area contributed by atoms with Crippen LogP contribution in [0.3, 0.4) is 0 Å². The Balaban J connectivity index is 0.000000188. The second kappa shape index (κ2) is 24.8. The van der Waals surface area contributed by atoms with E-state index in [-0.39, 0.29) is 36.0 Å². The minimum absolute atomic E-state index is 0.0151. The predicted octanol–water partition coefficient (Wildman–Crippen LogP) is 11.3. The molecular weight excluding hydrogens is 1030 g/mol. The summed E-state index contributed by atoms with van der Waals surface area (Å²) in [6, 6.07) is 16.5. The number of hydrogen-bond donors (Lipinski definition) is 4. The van der Waals surface area contributed by atoms with E-state index in [2.05, 4.69) is 38.9 Å². The van der Waals surface area contributed by atoms with Gasteiger partial charge in [0.1, 0.15) is 36.3 Å². The number of thiazole rings is 2. The molecule has 406 valence electrons. The Kier molecular flexibility index (Phi) is 17.7. The molecule has 4 unspecified atom stereocenters. The van der Waals surface area contributed by atoms with E-state index in [0.717, 1.165) is 105 Å². The number of methoxy groups -OCH3 is 1. The number of benzene rings is 4. The van der Waals surface area contributed by atoms with E-state index in [9.17, 15) is 33.1 Å². The fourth-order valence-corrected chi connectivity index (χ4v) is 11.9. The van der Waals surface area contributed by atoms with Crippen molar-refractivity contribution in [1.29, 1.82) is 0 Å².